The summed E-state index contributed by atoms with van der Waals surface area (Å²) in [7, 11) is 0. The van der Waals surface area contributed by atoms with Crippen LogP contribution in [0.25, 0.3) is 17.5 Å². The number of hydrogen-bond donors (Lipinski definition) is 0. The quantitative estimate of drug-likeness (QED) is 0.201. The molecule has 1 atom stereocenters. The molecule has 9 heteroatoms. The minimum absolute atomic E-state index is 0.0311. The Morgan fingerprint density at radius 2 is 1.76 bits per heavy atom. The van der Waals surface area contributed by atoms with E-state index < -0.39 is 4.92 Å². The van der Waals surface area contributed by atoms with Crippen LogP contribution >= 0.6 is 11.3 Å². The number of aryl methyl sites for hydroxylation is 2. The highest BCUT2D eigenvalue weighted by Gasteiger charge is 2.32. The molecule has 0 saturated carbocycles. The number of benzene rings is 3. The molecule has 0 spiro atoms. The van der Waals surface area contributed by atoms with Gasteiger partial charge in [-0.1, -0.05) is 47.7 Å². The second kappa shape index (κ2) is 9.88. The topological polar surface area (TPSA) is 82.4 Å². The largest absolute Gasteiger partial charge is 0.318 e. The van der Waals surface area contributed by atoms with Crippen LogP contribution in [0.4, 0.5) is 10.1 Å². The first-order valence-corrected chi connectivity index (χ1v) is 14.4. The van der Waals surface area contributed by atoms with Gasteiger partial charge in [-0.05, 0) is 85.4 Å². The molecule has 42 heavy (non-hydrogen) atoms. The van der Waals surface area contributed by atoms with Crippen molar-refractivity contribution >= 4 is 28.8 Å². The number of nitro groups is 1. The lowest BCUT2D eigenvalue weighted by Crippen LogP contribution is -2.38. The Kier molecular flexibility index (Phi) is 6.13. The van der Waals surface area contributed by atoms with Crippen LogP contribution in [0.2, 0.25) is 0 Å². The molecule has 0 radical (unpaired) electrons. The number of aromatic nitrogens is 2. The fourth-order valence-corrected chi connectivity index (χ4v) is 7.16. The summed E-state index contributed by atoms with van der Waals surface area (Å²) < 4.78 is 18.2. The molecule has 0 bridgehead atoms. The molecule has 208 valence electrons. The highest BCUT2D eigenvalue weighted by molar-refractivity contribution is 7.07. The predicted molar refractivity (Wildman–Crippen MR) is 161 cm³/mol. The summed E-state index contributed by atoms with van der Waals surface area (Å²) in [5, 5.41) is 11.1. The summed E-state index contributed by atoms with van der Waals surface area (Å²) in [6.07, 6.45) is 3.51. The number of allylic oxidation sites excluding steroid dienone is 1. The van der Waals surface area contributed by atoms with Crippen molar-refractivity contribution in [1.29, 1.82) is 0 Å². The number of thiazole rings is 1. The Morgan fingerprint density at radius 3 is 2.50 bits per heavy atom. The maximum atomic E-state index is 14.1. The molecule has 1 aliphatic heterocycles. The van der Waals surface area contributed by atoms with E-state index in [0.29, 0.717) is 9.33 Å². The van der Waals surface area contributed by atoms with Gasteiger partial charge < -0.3 is 4.57 Å². The van der Waals surface area contributed by atoms with Crippen LogP contribution in [0.3, 0.4) is 0 Å². The third kappa shape index (κ3) is 4.16. The molecule has 3 aromatic carbocycles. The van der Waals surface area contributed by atoms with Gasteiger partial charge in [0.05, 0.1) is 21.2 Å². The third-order valence-electron chi connectivity index (χ3n) is 8.13. The average Bonchev–Trinajstić information content (AvgIpc) is 3.45. The molecule has 2 aliphatic rings. The van der Waals surface area contributed by atoms with Gasteiger partial charge in [0.1, 0.15) is 5.82 Å². The first-order chi connectivity index (χ1) is 20.3. The van der Waals surface area contributed by atoms with Crippen molar-refractivity contribution in [2.24, 2.45) is 4.99 Å². The van der Waals surface area contributed by atoms with E-state index >= 15 is 0 Å². The van der Waals surface area contributed by atoms with Crippen LogP contribution in [-0.4, -0.2) is 14.1 Å². The van der Waals surface area contributed by atoms with Crippen molar-refractivity contribution in [2.75, 3.05) is 0 Å². The minimum Gasteiger partial charge on any atom is -0.318 e. The molecular formula is C33H25FN4O3S. The van der Waals surface area contributed by atoms with E-state index in [1.165, 1.54) is 41.2 Å². The van der Waals surface area contributed by atoms with E-state index in [4.69, 9.17) is 4.99 Å². The van der Waals surface area contributed by atoms with Crippen LogP contribution in [0.5, 0.6) is 0 Å². The second-order valence-corrected chi connectivity index (χ2v) is 11.6. The molecule has 5 aromatic rings. The van der Waals surface area contributed by atoms with Gasteiger partial charge in [0.25, 0.3) is 11.2 Å². The van der Waals surface area contributed by atoms with Crippen LogP contribution in [0.15, 0.2) is 94.2 Å². The summed E-state index contributed by atoms with van der Waals surface area (Å²) in [6.45, 7) is 3.93. The van der Waals surface area contributed by atoms with Crippen molar-refractivity contribution in [3.63, 3.8) is 0 Å². The van der Waals surface area contributed by atoms with E-state index in [2.05, 4.69) is 12.1 Å². The fraction of sp³-hybridized carbons (Fsp3) is 0.152. The SMILES string of the molecule is Cc1cc(/C=c2/sc3n(c2=O)[C@@H](c2ccc(F)cc2)C2=C(N=3)c3ccccc3CC2)c(C)n1-c1ccc([N+](=O)[O-])cc1. The van der Waals surface area contributed by atoms with Gasteiger partial charge in [0, 0.05) is 34.8 Å². The highest BCUT2D eigenvalue weighted by Crippen LogP contribution is 2.41. The molecule has 0 saturated heterocycles. The summed E-state index contributed by atoms with van der Waals surface area (Å²) in [4.78, 5) is 30.4. The van der Waals surface area contributed by atoms with E-state index in [9.17, 15) is 19.3 Å². The van der Waals surface area contributed by atoms with Crippen LogP contribution in [0, 0.1) is 29.8 Å². The monoisotopic (exact) mass is 576 g/mol. The normalized spacial score (nSPS) is 16.1. The van der Waals surface area contributed by atoms with Crippen molar-refractivity contribution in [3.05, 3.63) is 154 Å². The standard InChI is InChI=1S/C33H25FN4O3S/c1-19-17-23(20(2)36(19)25-12-14-26(15-13-25)38(40)41)18-29-32(39)37-31(22-7-10-24(34)11-8-22)28-16-9-21-5-3-4-6-27(21)30(28)35-33(37)42-29/h3-8,10-15,17-18,31H,9,16H2,1-2H3/b29-18+/t31-/m0/s1. The molecule has 0 amide bonds. The van der Waals surface area contributed by atoms with E-state index in [-0.39, 0.29) is 23.1 Å². The van der Waals surface area contributed by atoms with Crippen LogP contribution in [0.1, 0.15) is 46.1 Å². The maximum absolute atomic E-state index is 14.1. The zero-order valence-electron chi connectivity index (χ0n) is 22.9. The van der Waals surface area contributed by atoms with Gasteiger partial charge in [-0.15, -0.1) is 0 Å². The van der Waals surface area contributed by atoms with Crippen LogP contribution in [-0.2, 0) is 6.42 Å². The summed E-state index contributed by atoms with van der Waals surface area (Å²) in [6, 6.07) is 22.7. The van der Waals surface area contributed by atoms with E-state index in [1.54, 1.807) is 28.8 Å². The fourth-order valence-electron chi connectivity index (χ4n) is 6.16. The maximum Gasteiger partial charge on any atom is 0.271 e. The zero-order chi connectivity index (χ0) is 29.1. The number of nitrogens with zero attached hydrogens (tertiary/aromatic N) is 4. The molecule has 0 unspecified atom stereocenters. The van der Waals surface area contributed by atoms with Crippen molar-refractivity contribution in [1.82, 2.24) is 9.13 Å². The lowest BCUT2D eigenvalue weighted by molar-refractivity contribution is -0.384. The Labute approximate surface area is 244 Å². The van der Waals surface area contributed by atoms with Gasteiger partial charge in [-0.25, -0.2) is 9.38 Å². The van der Waals surface area contributed by atoms with E-state index in [1.807, 2.05) is 42.7 Å². The van der Waals surface area contributed by atoms with Gasteiger partial charge in [-0.3, -0.25) is 19.5 Å². The molecule has 7 rings (SSSR count). The van der Waals surface area contributed by atoms with E-state index in [0.717, 1.165) is 57.9 Å². The lowest BCUT2D eigenvalue weighted by atomic mass is 9.83. The summed E-state index contributed by atoms with van der Waals surface area (Å²) in [5.74, 6) is -0.322. The smallest absolute Gasteiger partial charge is 0.271 e. The van der Waals surface area contributed by atoms with Gasteiger partial charge in [-0.2, -0.15) is 0 Å². The molecule has 3 heterocycles. The van der Waals surface area contributed by atoms with Gasteiger partial charge >= 0.3 is 0 Å². The van der Waals surface area contributed by atoms with Crippen molar-refractivity contribution in [2.45, 2.75) is 32.7 Å². The van der Waals surface area contributed by atoms with Crippen LogP contribution < -0.4 is 14.9 Å². The van der Waals surface area contributed by atoms with Crippen molar-refractivity contribution < 1.29 is 9.31 Å². The number of rotatable bonds is 4. The number of fused-ring (bicyclic) bond motifs is 3. The highest BCUT2D eigenvalue weighted by atomic mass is 32.1. The Morgan fingerprint density at radius 1 is 1.02 bits per heavy atom. The molecular weight excluding hydrogens is 551 g/mol. The summed E-state index contributed by atoms with van der Waals surface area (Å²) >= 11 is 1.35. The second-order valence-electron chi connectivity index (χ2n) is 10.6. The number of nitro benzene ring substituents is 1. The Hall–Kier alpha value is -4.89. The summed E-state index contributed by atoms with van der Waals surface area (Å²) in [5.41, 5.74) is 8.55. The zero-order valence-corrected chi connectivity index (χ0v) is 23.7. The van der Waals surface area contributed by atoms with Gasteiger partial charge in [0.2, 0.25) is 0 Å². The molecule has 7 nitrogen and oxygen atoms in total. The molecule has 2 aromatic heterocycles. The Bertz CT molecular complexity index is 2120. The Balaban J connectivity index is 1.40. The number of non-ortho nitro benzene ring substituents is 1. The first-order valence-electron chi connectivity index (χ1n) is 13.6. The third-order valence-corrected chi connectivity index (χ3v) is 9.12. The molecule has 0 fully saturated rings. The average molecular weight is 577 g/mol. The minimum atomic E-state index is -0.417. The van der Waals surface area contributed by atoms with Crippen molar-refractivity contribution in [3.8, 4) is 5.69 Å². The first kappa shape index (κ1) is 26.0. The molecule has 1 aliphatic carbocycles. The number of halogens is 1. The lowest BCUT2D eigenvalue weighted by Gasteiger charge is -2.30. The number of hydrogen-bond acceptors (Lipinski definition) is 5. The predicted octanol–water partition coefficient (Wildman–Crippen LogP) is 5.77. The molecule has 0 N–H and O–H groups in total. The van der Waals surface area contributed by atoms with Gasteiger partial charge in [0.15, 0.2) is 4.80 Å².